The minimum absolute atomic E-state index is 0.0177. The highest BCUT2D eigenvalue weighted by molar-refractivity contribution is 7.89. The summed E-state index contributed by atoms with van der Waals surface area (Å²) in [6, 6.07) is 6.35. The zero-order chi connectivity index (χ0) is 23.1. The van der Waals surface area contributed by atoms with Gasteiger partial charge in [-0.2, -0.15) is 0 Å². The molecule has 0 radical (unpaired) electrons. The molecule has 32 heavy (non-hydrogen) atoms. The number of carbonyl (C=O) groups excluding carboxylic acids is 2. The van der Waals surface area contributed by atoms with E-state index in [4.69, 9.17) is 5.14 Å². The van der Waals surface area contributed by atoms with Crippen molar-refractivity contribution in [3.63, 3.8) is 0 Å². The van der Waals surface area contributed by atoms with E-state index in [2.05, 4.69) is 15.5 Å². The van der Waals surface area contributed by atoms with Gasteiger partial charge in [-0.15, -0.1) is 0 Å². The van der Waals surface area contributed by atoms with Gasteiger partial charge in [-0.3, -0.25) is 14.5 Å². The molecule has 8 nitrogen and oxygen atoms in total. The standard InChI is InChI=1S/C23H36N4O4S/c1-17(22(28)25-14-11-18-7-9-21(10-8-18)32(24,30)31)27-15-12-20(13-16-27)26-23(29)19-5-3-2-4-6-19/h7-10,17,19-20H,2-6,11-16H2,1H3,(H,25,28)(H,26,29)(H2,24,30,31). The van der Waals surface area contributed by atoms with Gasteiger partial charge in [0, 0.05) is 31.6 Å². The summed E-state index contributed by atoms with van der Waals surface area (Å²) in [4.78, 5) is 27.3. The Morgan fingerprint density at radius 1 is 1.06 bits per heavy atom. The molecule has 1 aliphatic carbocycles. The highest BCUT2D eigenvalue weighted by Crippen LogP contribution is 2.24. The number of benzene rings is 1. The summed E-state index contributed by atoms with van der Waals surface area (Å²) in [5.41, 5.74) is 0.930. The van der Waals surface area contributed by atoms with Crippen molar-refractivity contribution in [2.45, 2.75) is 75.3 Å². The lowest BCUT2D eigenvalue weighted by atomic mass is 9.88. The Morgan fingerprint density at radius 3 is 2.28 bits per heavy atom. The molecule has 2 amide bonds. The van der Waals surface area contributed by atoms with E-state index in [0.29, 0.717) is 13.0 Å². The van der Waals surface area contributed by atoms with Gasteiger partial charge in [-0.05, 0) is 56.7 Å². The molecule has 4 N–H and O–H groups in total. The minimum atomic E-state index is -3.69. The van der Waals surface area contributed by atoms with E-state index in [9.17, 15) is 18.0 Å². The van der Waals surface area contributed by atoms with Crippen molar-refractivity contribution < 1.29 is 18.0 Å². The molecule has 1 saturated carbocycles. The lowest BCUT2D eigenvalue weighted by molar-refractivity contribution is -0.128. The number of sulfonamides is 1. The monoisotopic (exact) mass is 464 g/mol. The van der Waals surface area contributed by atoms with Crippen LogP contribution in [0, 0.1) is 5.92 Å². The average Bonchev–Trinajstić information content (AvgIpc) is 2.79. The van der Waals surface area contributed by atoms with Crippen molar-refractivity contribution in [1.29, 1.82) is 0 Å². The molecule has 1 aromatic rings. The third-order valence-electron chi connectivity index (χ3n) is 6.74. The van der Waals surface area contributed by atoms with Crippen LogP contribution in [0.5, 0.6) is 0 Å². The Labute approximate surface area is 191 Å². The van der Waals surface area contributed by atoms with Gasteiger partial charge >= 0.3 is 0 Å². The summed E-state index contributed by atoms with van der Waals surface area (Å²) >= 11 is 0. The molecule has 1 aromatic carbocycles. The van der Waals surface area contributed by atoms with Gasteiger partial charge in [0.15, 0.2) is 0 Å². The zero-order valence-electron chi connectivity index (χ0n) is 18.9. The lowest BCUT2D eigenvalue weighted by Gasteiger charge is -2.36. The molecular weight excluding hydrogens is 428 g/mol. The second kappa shape index (κ2) is 11.2. The van der Waals surface area contributed by atoms with E-state index in [1.165, 1.54) is 18.6 Å². The number of likely N-dealkylation sites (tertiary alicyclic amines) is 1. The van der Waals surface area contributed by atoms with Crippen LogP contribution in [0.15, 0.2) is 29.2 Å². The third kappa shape index (κ3) is 7.02. The van der Waals surface area contributed by atoms with Crippen molar-refractivity contribution in [2.75, 3.05) is 19.6 Å². The Bertz CT molecular complexity index is 874. The zero-order valence-corrected chi connectivity index (χ0v) is 19.7. The van der Waals surface area contributed by atoms with Crippen molar-refractivity contribution in [3.8, 4) is 0 Å². The van der Waals surface area contributed by atoms with E-state index < -0.39 is 10.0 Å². The van der Waals surface area contributed by atoms with Crippen LogP contribution in [0.4, 0.5) is 0 Å². The Kier molecular flexibility index (Phi) is 8.67. The van der Waals surface area contributed by atoms with Gasteiger partial charge < -0.3 is 10.6 Å². The fraction of sp³-hybridized carbons (Fsp3) is 0.652. The first-order valence-corrected chi connectivity index (χ1v) is 13.2. The summed E-state index contributed by atoms with van der Waals surface area (Å²) in [5.74, 6) is 0.379. The predicted octanol–water partition coefficient (Wildman–Crippen LogP) is 1.54. The van der Waals surface area contributed by atoms with Crippen LogP contribution in [0.3, 0.4) is 0 Å². The van der Waals surface area contributed by atoms with Gasteiger partial charge in [0.25, 0.3) is 0 Å². The molecule has 9 heteroatoms. The van der Waals surface area contributed by atoms with Crippen molar-refractivity contribution in [2.24, 2.45) is 11.1 Å². The van der Waals surface area contributed by atoms with E-state index in [1.54, 1.807) is 12.1 Å². The van der Waals surface area contributed by atoms with Crippen LogP contribution >= 0.6 is 0 Å². The molecule has 0 aromatic heterocycles. The van der Waals surface area contributed by atoms with E-state index in [0.717, 1.165) is 57.2 Å². The predicted molar refractivity (Wildman–Crippen MR) is 123 cm³/mol. The molecule has 178 valence electrons. The molecular formula is C23H36N4O4S. The number of carbonyl (C=O) groups is 2. The summed E-state index contributed by atoms with van der Waals surface area (Å²) in [6.07, 6.45) is 7.93. The normalized spacial score (nSPS) is 19.9. The van der Waals surface area contributed by atoms with Crippen LogP contribution in [0.2, 0.25) is 0 Å². The highest BCUT2D eigenvalue weighted by atomic mass is 32.2. The molecule has 2 fully saturated rings. The number of primary sulfonamides is 1. The maximum absolute atomic E-state index is 12.6. The number of nitrogens with zero attached hydrogens (tertiary/aromatic N) is 1. The second-order valence-corrected chi connectivity index (χ2v) is 10.6. The first-order valence-electron chi connectivity index (χ1n) is 11.7. The Balaban J connectivity index is 1.36. The molecule has 2 aliphatic rings. The first kappa shape index (κ1) is 24.7. The maximum Gasteiger partial charge on any atom is 0.238 e. The molecule has 0 bridgehead atoms. The number of piperidine rings is 1. The Hall–Kier alpha value is -1.97. The van der Waals surface area contributed by atoms with E-state index >= 15 is 0 Å². The van der Waals surface area contributed by atoms with Crippen LogP contribution in [0.25, 0.3) is 0 Å². The molecule has 1 saturated heterocycles. The van der Waals surface area contributed by atoms with Crippen molar-refractivity contribution >= 4 is 21.8 Å². The van der Waals surface area contributed by atoms with Gasteiger partial charge in [0.2, 0.25) is 21.8 Å². The highest BCUT2D eigenvalue weighted by Gasteiger charge is 2.29. The smallest absolute Gasteiger partial charge is 0.238 e. The molecule has 1 aliphatic heterocycles. The SMILES string of the molecule is CC(C(=O)NCCc1ccc(S(N)(=O)=O)cc1)N1CCC(NC(=O)C2CCCCC2)CC1. The first-order chi connectivity index (χ1) is 15.2. The molecule has 1 unspecified atom stereocenters. The number of nitrogens with one attached hydrogen (secondary N) is 2. The molecule has 1 heterocycles. The van der Waals surface area contributed by atoms with Crippen LogP contribution in [-0.4, -0.2) is 56.9 Å². The summed E-state index contributed by atoms with van der Waals surface area (Å²) in [7, 11) is -3.69. The number of hydrogen-bond donors (Lipinski definition) is 3. The number of nitrogens with two attached hydrogens (primary N) is 1. The topological polar surface area (TPSA) is 122 Å². The lowest BCUT2D eigenvalue weighted by Crippen LogP contribution is -2.52. The second-order valence-electron chi connectivity index (χ2n) is 9.06. The third-order valence-corrected chi connectivity index (χ3v) is 7.67. The van der Waals surface area contributed by atoms with E-state index in [-0.39, 0.29) is 34.7 Å². The van der Waals surface area contributed by atoms with Gasteiger partial charge in [-0.25, -0.2) is 13.6 Å². The van der Waals surface area contributed by atoms with Gasteiger partial charge in [-0.1, -0.05) is 31.4 Å². The van der Waals surface area contributed by atoms with Crippen molar-refractivity contribution in [1.82, 2.24) is 15.5 Å². The summed E-state index contributed by atoms with van der Waals surface area (Å²) in [6.45, 7) is 3.97. The molecule has 1 atom stereocenters. The largest absolute Gasteiger partial charge is 0.354 e. The average molecular weight is 465 g/mol. The van der Waals surface area contributed by atoms with Gasteiger partial charge in [0.1, 0.15) is 0 Å². The quantitative estimate of drug-likeness (QED) is 0.539. The number of amides is 2. The van der Waals surface area contributed by atoms with Crippen LogP contribution < -0.4 is 15.8 Å². The number of hydrogen-bond acceptors (Lipinski definition) is 5. The van der Waals surface area contributed by atoms with Crippen molar-refractivity contribution in [3.05, 3.63) is 29.8 Å². The fourth-order valence-corrected chi connectivity index (χ4v) is 5.12. The summed E-state index contributed by atoms with van der Waals surface area (Å²) < 4.78 is 22.6. The molecule has 0 spiro atoms. The Morgan fingerprint density at radius 2 is 1.69 bits per heavy atom. The number of rotatable bonds is 8. The summed E-state index contributed by atoms with van der Waals surface area (Å²) in [5, 5.41) is 11.3. The van der Waals surface area contributed by atoms with Gasteiger partial charge in [0.05, 0.1) is 10.9 Å². The van der Waals surface area contributed by atoms with E-state index in [1.807, 2.05) is 6.92 Å². The minimum Gasteiger partial charge on any atom is -0.354 e. The van der Waals surface area contributed by atoms with Crippen LogP contribution in [-0.2, 0) is 26.0 Å². The maximum atomic E-state index is 12.6. The molecule has 3 rings (SSSR count). The van der Waals surface area contributed by atoms with Crippen LogP contribution in [0.1, 0.15) is 57.4 Å². The fourth-order valence-electron chi connectivity index (χ4n) is 4.60.